The summed E-state index contributed by atoms with van der Waals surface area (Å²) in [6, 6.07) is 7.11. The second-order valence-electron chi connectivity index (χ2n) is 10.6. The van der Waals surface area contributed by atoms with Crippen LogP contribution < -0.4 is 10.6 Å². The number of hydrogen-bond acceptors (Lipinski definition) is 7. The van der Waals surface area contributed by atoms with Crippen LogP contribution in [0.2, 0.25) is 5.02 Å². The molecular weight excluding hydrogens is 512 g/mol. The molecule has 2 aromatic heterocycles. The summed E-state index contributed by atoms with van der Waals surface area (Å²) in [7, 11) is 0. The Bertz CT molecular complexity index is 1290. The average Bonchev–Trinajstić information content (AvgIpc) is 3.43. The normalized spacial score (nSPS) is 21.2. The van der Waals surface area contributed by atoms with E-state index >= 15 is 0 Å². The topological polar surface area (TPSA) is 101 Å². The van der Waals surface area contributed by atoms with Gasteiger partial charge in [0.1, 0.15) is 4.70 Å². The monoisotopic (exact) mass is 544 g/mol. The first-order chi connectivity index (χ1) is 17.7. The summed E-state index contributed by atoms with van der Waals surface area (Å²) >= 11 is 7.31. The van der Waals surface area contributed by atoms with Crippen LogP contribution in [0.3, 0.4) is 0 Å². The number of rotatable bonds is 5. The summed E-state index contributed by atoms with van der Waals surface area (Å²) in [6.45, 7) is 9.30. The highest BCUT2D eigenvalue weighted by molar-refractivity contribution is 7.22. The molecule has 1 aromatic carbocycles. The van der Waals surface area contributed by atoms with E-state index in [1.165, 1.54) is 17.8 Å². The predicted octanol–water partition coefficient (Wildman–Crippen LogP) is 4.53. The first kappa shape index (κ1) is 26.1. The van der Waals surface area contributed by atoms with E-state index in [4.69, 9.17) is 21.4 Å². The molecule has 0 spiro atoms. The molecule has 0 radical (unpaired) electrons. The van der Waals surface area contributed by atoms with E-state index in [-0.39, 0.29) is 17.9 Å². The zero-order valence-electron chi connectivity index (χ0n) is 21.4. The summed E-state index contributed by atoms with van der Waals surface area (Å²) in [4.78, 5) is 33.5. The van der Waals surface area contributed by atoms with E-state index in [1.54, 1.807) is 28.9 Å². The van der Waals surface area contributed by atoms with Gasteiger partial charge in [-0.1, -0.05) is 41.8 Å². The summed E-state index contributed by atoms with van der Waals surface area (Å²) in [5, 5.41) is 11.8. The van der Waals surface area contributed by atoms with Crippen molar-refractivity contribution in [1.29, 1.82) is 0 Å². The number of carbonyl (C=O) groups is 2. The minimum absolute atomic E-state index is 0.0594. The highest BCUT2D eigenvalue weighted by Gasteiger charge is 2.34. The van der Waals surface area contributed by atoms with Gasteiger partial charge in [-0.15, -0.1) is 0 Å². The number of ether oxygens (including phenoxy) is 1. The lowest BCUT2D eigenvalue weighted by Gasteiger charge is -2.41. The van der Waals surface area contributed by atoms with Gasteiger partial charge >= 0.3 is 0 Å². The van der Waals surface area contributed by atoms with Crippen LogP contribution in [-0.2, 0) is 10.3 Å². The van der Waals surface area contributed by atoms with E-state index in [9.17, 15) is 9.59 Å². The van der Waals surface area contributed by atoms with Crippen LogP contribution in [0.4, 0.5) is 5.13 Å². The minimum Gasteiger partial charge on any atom is -0.379 e. The molecule has 3 aromatic rings. The lowest BCUT2D eigenvalue weighted by molar-refractivity contribution is 0.000105. The number of hydrogen-bond donors (Lipinski definition) is 2. The number of nitrogens with zero attached hydrogens (tertiary/aromatic N) is 4. The van der Waals surface area contributed by atoms with E-state index < -0.39 is 5.54 Å². The first-order valence-electron chi connectivity index (χ1n) is 12.8. The van der Waals surface area contributed by atoms with Gasteiger partial charge in [0.2, 0.25) is 0 Å². The Balaban J connectivity index is 1.41. The molecule has 9 nitrogen and oxygen atoms in total. The van der Waals surface area contributed by atoms with E-state index in [0.717, 1.165) is 45.6 Å². The van der Waals surface area contributed by atoms with Crippen molar-refractivity contribution in [2.75, 3.05) is 31.6 Å². The fourth-order valence-electron chi connectivity index (χ4n) is 5.13. The van der Waals surface area contributed by atoms with Crippen molar-refractivity contribution in [3.8, 4) is 0 Å². The highest BCUT2D eigenvalue weighted by Crippen LogP contribution is 2.33. The number of nitrogens with one attached hydrogen (secondary N) is 2. The highest BCUT2D eigenvalue weighted by atomic mass is 35.5. The van der Waals surface area contributed by atoms with Crippen molar-refractivity contribution in [2.45, 2.75) is 64.1 Å². The number of morpholine rings is 1. The first-order valence-corrected chi connectivity index (χ1v) is 14.0. The third kappa shape index (κ3) is 5.67. The molecule has 198 valence electrons. The molecule has 1 saturated carbocycles. The van der Waals surface area contributed by atoms with Crippen LogP contribution in [-0.4, -0.2) is 69.9 Å². The van der Waals surface area contributed by atoms with Crippen molar-refractivity contribution in [1.82, 2.24) is 25.0 Å². The Labute approximate surface area is 225 Å². The third-order valence-corrected chi connectivity index (χ3v) is 8.15. The van der Waals surface area contributed by atoms with Gasteiger partial charge in [0.25, 0.3) is 11.8 Å². The summed E-state index contributed by atoms with van der Waals surface area (Å²) < 4.78 is 7.97. The fourth-order valence-corrected chi connectivity index (χ4v) is 6.25. The number of anilines is 1. The van der Waals surface area contributed by atoms with Crippen LogP contribution in [0.25, 0.3) is 10.3 Å². The molecule has 2 aliphatic rings. The zero-order valence-corrected chi connectivity index (χ0v) is 23.0. The second kappa shape index (κ2) is 10.7. The quantitative estimate of drug-likeness (QED) is 0.489. The van der Waals surface area contributed by atoms with Crippen LogP contribution >= 0.6 is 22.9 Å². The number of aromatic nitrogens is 3. The molecular formula is C26H33ClN6O3S. The van der Waals surface area contributed by atoms with Gasteiger partial charge in [0, 0.05) is 35.8 Å². The molecule has 11 heteroatoms. The molecule has 2 N–H and O–H groups in total. The van der Waals surface area contributed by atoms with Gasteiger partial charge in [-0.2, -0.15) is 10.1 Å². The van der Waals surface area contributed by atoms with Gasteiger partial charge in [-0.05, 0) is 51.8 Å². The number of benzene rings is 1. The van der Waals surface area contributed by atoms with Crippen LogP contribution in [0.15, 0.2) is 24.3 Å². The predicted molar refractivity (Wildman–Crippen MR) is 146 cm³/mol. The zero-order chi connectivity index (χ0) is 26.2. The largest absolute Gasteiger partial charge is 0.379 e. The Hall–Kier alpha value is -2.53. The van der Waals surface area contributed by atoms with Crippen molar-refractivity contribution >= 4 is 50.2 Å². The Morgan fingerprint density at radius 2 is 1.89 bits per heavy atom. The Morgan fingerprint density at radius 1 is 1.14 bits per heavy atom. The maximum absolute atomic E-state index is 13.6. The number of halogens is 1. The smallest absolute Gasteiger partial charge is 0.273 e. The maximum Gasteiger partial charge on any atom is 0.273 e. The molecule has 1 saturated heterocycles. The number of carbonyl (C=O) groups excluding carboxylic acids is 2. The fraction of sp³-hybridized carbons (Fsp3) is 0.538. The average molecular weight is 545 g/mol. The molecule has 37 heavy (non-hydrogen) atoms. The second-order valence-corrected chi connectivity index (χ2v) is 12.1. The lowest BCUT2D eigenvalue weighted by Crippen LogP contribution is -2.56. The molecule has 3 heterocycles. The van der Waals surface area contributed by atoms with Crippen LogP contribution in [0, 0.1) is 0 Å². The standard InChI is InChI=1S/C26H33ClN6O3S/c1-26(2,3)33-22-21(37-25(29-22)30-23(34)16-7-6-8-17(27)15-16)20(31-33)24(35)28-18-9-4-5-10-19(18)32-11-13-36-14-12-32/h6-8,15,18-19H,4-5,9-14H2,1-3H3,(H,28,35)(H,29,30,34)/t18-,19-/m1/s1. The van der Waals surface area contributed by atoms with Gasteiger partial charge in [0.15, 0.2) is 16.5 Å². The molecule has 1 aliphatic carbocycles. The van der Waals surface area contributed by atoms with Gasteiger partial charge < -0.3 is 10.1 Å². The number of fused-ring (bicyclic) bond motifs is 1. The molecule has 0 bridgehead atoms. The van der Waals surface area contributed by atoms with Crippen molar-refractivity contribution in [3.05, 3.63) is 40.5 Å². The Kier molecular flexibility index (Phi) is 7.53. The van der Waals surface area contributed by atoms with E-state index in [0.29, 0.717) is 37.8 Å². The van der Waals surface area contributed by atoms with Gasteiger partial charge in [-0.25, -0.2) is 4.68 Å². The minimum atomic E-state index is -0.403. The summed E-state index contributed by atoms with van der Waals surface area (Å²) in [6.07, 6.45) is 4.28. The lowest BCUT2D eigenvalue weighted by atomic mass is 9.88. The van der Waals surface area contributed by atoms with Crippen molar-refractivity contribution in [3.63, 3.8) is 0 Å². The van der Waals surface area contributed by atoms with E-state index in [1.807, 2.05) is 20.8 Å². The molecule has 1 aliphatic heterocycles. The SMILES string of the molecule is CC(C)(C)n1nc(C(=O)N[C@@H]2CCCC[C@H]2N2CCOCC2)c2sc(NC(=O)c3cccc(Cl)c3)nc21. The Morgan fingerprint density at radius 3 is 2.62 bits per heavy atom. The van der Waals surface area contributed by atoms with E-state index in [2.05, 4.69) is 20.5 Å². The number of thiazole rings is 1. The molecule has 2 atom stereocenters. The molecule has 2 fully saturated rings. The summed E-state index contributed by atoms with van der Waals surface area (Å²) in [5.74, 6) is -0.509. The number of amides is 2. The molecule has 5 rings (SSSR count). The van der Waals surface area contributed by atoms with Gasteiger partial charge in [-0.3, -0.25) is 19.8 Å². The van der Waals surface area contributed by atoms with Crippen molar-refractivity contribution in [2.24, 2.45) is 0 Å². The molecule has 2 amide bonds. The third-order valence-electron chi connectivity index (χ3n) is 6.94. The van der Waals surface area contributed by atoms with Gasteiger partial charge in [0.05, 0.1) is 18.8 Å². The van der Waals surface area contributed by atoms with Crippen molar-refractivity contribution < 1.29 is 14.3 Å². The molecule has 0 unspecified atom stereocenters. The van der Waals surface area contributed by atoms with Crippen LogP contribution in [0.5, 0.6) is 0 Å². The maximum atomic E-state index is 13.6. The summed E-state index contributed by atoms with van der Waals surface area (Å²) in [5.41, 5.74) is 0.961. The van der Waals surface area contributed by atoms with Crippen LogP contribution in [0.1, 0.15) is 67.3 Å².